The lowest BCUT2D eigenvalue weighted by Gasteiger charge is -2.16. The Balaban J connectivity index is 2.44. The molecule has 0 radical (unpaired) electrons. The maximum absolute atomic E-state index is 12.0. The SMILES string of the molecule is Cc1cc2c(cc1C(=O)C(C)N)CC(C)(C)O2. The van der Waals surface area contributed by atoms with E-state index in [-0.39, 0.29) is 11.4 Å². The van der Waals surface area contributed by atoms with E-state index in [1.54, 1.807) is 6.92 Å². The van der Waals surface area contributed by atoms with E-state index in [1.807, 2.05) is 19.1 Å². The van der Waals surface area contributed by atoms with Crippen LogP contribution in [-0.4, -0.2) is 17.4 Å². The fourth-order valence-electron chi connectivity index (χ4n) is 2.26. The average Bonchev–Trinajstić information content (AvgIpc) is 2.48. The quantitative estimate of drug-likeness (QED) is 0.797. The van der Waals surface area contributed by atoms with Crippen molar-refractivity contribution in [3.05, 3.63) is 28.8 Å². The van der Waals surface area contributed by atoms with Crippen LogP contribution in [0.1, 0.15) is 42.3 Å². The summed E-state index contributed by atoms with van der Waals surface area (Å²) in [6.07, 6.45) is 0.835. The van der Waals surface area contributed by atoms with Crippen LogP contribution in [0.2, 0.25) is 0 Å². The zero-order valence-electron chi connectivity index (χ0n) is 10.8. The molecule has 1 aromatic carbocycles. The van der Waals surface area contributed by atoms with Gasteiger partial charge in [-0.15, -0.1) is 0 Å². The molecule has 2 N–H and O–H groups in total. The number of fused-ring (bicyclic) bond motifs is 1. The molecule has 92 valence electrons. The molecule has 1 aliphatic heterocycles. The summed E-state index contributed by atoms with van der Waals surface area (Å²) in [5.74, 6) is 0.892. The molecule has 1 heterocycles. The van der Waals surface area contributed by atoms with Gasteiger partial charge >= 0.3 is 0 Å². The van der Waals surface area contributed by atoms with E-state index in [2.05, 4.69) is 13.8 Å². The lowest BCUT2D eigenvalue weighted by molar-refractivity contribution is 0.0967. The predicted molar refractivity (Wildman–Crippen MR) is 67.6 cm³/mol. The predicted octanol–water partition coefficient (Wildman–Crippen LogP) is 2.24. The lowest BCUT2D eigenvalue weighted by Crippen LogP contribution is -2.27. The highest BCUT2D eigenvalue weighted by Gasteiger charge is 2.31. The number of hydrogen-bond acceptors (Lipinski definition) is 3. The highest BCUT2D eigenvalue weighted by molar-refractivity contribution is 6.01. The summed E-state index contributed by atoms with van der Waals surface area (Å²) >= 11 is 0. The highest BCUT2D eigenvalue weighted by atomic mass is 16.5. The number of carbonyl (C=O) groups is 1. The van der Waals surface area contributed by atoms with Crippen LogP contribution in [0.4, 0.5) is 0 Å². The zero-order chi connectivity index (χ0) is 12.8. The van der Waals surface area contributed by atoms with Crippen molar-refractivity contribution in [2.45, 2.75) is 45.8 Å². The second-order valence-corrected chi connectivity index (χ2v) is 5.47. The molecule has 17 heavy (non-hydrogen) atoms. The molecule has 0 amide bonds. The maximum Gasteiger partial charge on any atom is 0.179 e. The summed E-state index contributed by atoms with van der Waals surface area (Å²) in [5.41, 5.74) is 8.24. The first-order valence-corrected chi connectivity index (χ1v) is 5.92. The molecule has 0 saturated heterocycles. The van der Waals surface area contributed by atoms with Crippen molar-refractivity contribution in [2.75, 3.05) is 0 Å². The zero-order valence-corrected chi connectivity index (χ0v) is 10.8. The van der Waals surface area contributed by atoms with Gasteiger partial charge in [0, 0.05) is 12.0 Å². The summed E-state index contributed by atoms with van der Waals surface area (Å²) in [4.78, 5) is 12.0. The van der Waals surface area contributed by atoms with Gasteiger partial charge in [-0.25, -0.2) is 0 Å². The topological polar surface area (TPSA) is 52.3 Å². The van der Waals surface area contributed by atoms with E-state index in [0.29, 0.717) is 0 Å². The molecule has 3 nitrogen and oxygen atoms in total. The van der Waals surface area contributed by atoms with Crippen molar-refractivity contribution < 1.29 is 9.53 Å². The number of carbonyl (C=O) groups excluding carboxylic acids is 1. The first-order valence-electron chi connectivity index (χ1n) is 5.92. The van der Waals surface area contributed by atoms with Gasteiger partial charge in [0.05, 0.1) is 6.04 Å². The number of ketones is 1. The van der Waals surface area contributed by atoms with Gasteiger partial charge in [-0.3, -0.25) is 4.79 Å². The van der Waals surface area contributed by atoms with Crippen LogP contribution in [0, 0.1) is 6.92 Å². The number of benzene rings is 1. The van der Waals surface area contributed by atoms with Gasteiger partial charge in [0.1, 0.15) is 11.4 Å². The van der Waals surface area contributed by atoms with E-state index >= 15 is 0 Å². The first kappa shape index (κ1) is 12.1. The van der Waals surface area contributed by atoms with E-state index in [0.717, 1.165) is 28.9 Å². The highest BCUT2D eigenvalue weighted by Crippen LogP contribution is 2.36. The van der Waals surface area contributed by atoms with Crippen LogP contribution in [0.5, 0.6) is 5.75 Å². The second-order valence-electron chi connectivity index (χ2n) is 5.47. The van der Waals surface area contributed by atoms with Gasteiger partial charge in [0.15, 0.2) is 5.78 Å². The molecule has 0 spiro atoms. The smallest absolute Gasteiger partial charge is 0.179 e. The fourth-order valence-corrected chi connectivity index (χ4v) is 2.26. The third-order valence-electron chi connectivity index (χ3n) is 3.09. The van der Waals surface area contributed by atoms with Gasteiger partial charge in [0.2, 0.25) is 0 Å². The van der Waals surface area contributed by atoms with E-state index < -0.39 is 6.04 Å². The fraction of sp³-hybridized carbons (Fsp3) is 0.500. The van der Waals surface area contributed by atoms with Crippen molar-refractivity contribution in [3.8, 4) is 5.75 Å². The molecule has 1 aromatic rings. The van der Waals surface area contributed by atoms with E-state index in [4.69, 9.17) is 10.5 Å². The molecule has 0 aliphatic carbocycles. The molecule has 0 bridgehead atoms. The minimum Gasteiger partial charge on any atom is -0.487 e. The normalized spacial score (nSPS) is 18.4. The maximum atomic E-state index is 12.0. The Morgan fingerprint density at radius 1 is 1.47 bits per heavy atom. The number of Topliss-reactive ketones (excluding diaryl/α,β-unsaturated/α-hetero) is 1. The third-order valence-corrected chi connectivity index (χ3v) is 3.09. The molecular formula is C14H19NO2. The number of hydrogen-bond donors (Lipinski definition) is 1. The van der Waals surface area contributed by atoms with Crippen molar-refractivity contribution in [1.29, 1.82) is 0 Å². The van der Waals surface area contributed by atoms with Crippen LogP contribution in [0.3, 0.4) is 0 Å². The van der Waals surface area contributed by atoms with Crippen molar-refractivity contribution >= 4 is 5.78 Å². The van der Waals surface area contributed by atoms with Crippen LogP contribution in [-0.2, 0) is 6.42 Å². The lowest BCUT2D eigenvalue weighted by atomic mass is 9.95. The monoisotopic (exact) mass is 233 g/mol. The third kappa shape index (κ3) is 2.20. The van der Waals surface area contributed by atoms with Gasteiger partial charge in [-0.05, 0) is 51.0 Å². The van der Waals surface area contributed by atoms with Gasteiger partial charge in [-0.1, -0.05) is 0 Å². The number of ether oxygens (including phenoxy) is 1. The molecule has 0 aromatic heterocycles. The van der Waals surface area contributed by atoms with Gasteiger partial charge < -0.3 is 10.5 Å². The second kappa shape index (κ2) is 3.84. The largest absolute Gasteiger partial charge is 0.487 e. The summed E-state index contributed by atoms with van der Waals surface area (Å²) in [5, 5.41) is 0. The Labute approximate surface area is 102 Å². The van der Waals surface area contributed by atoms with Crippen LogP contribution in [0.15, 0.2) is 12.1 Å². The number of nitrogens with two attached hydrogens (primary N) is 1. The first-order chi connectivity index (χ1) is 7.80. The van der Waals surface area contributed by atoms with E-state index in [1.165, 1.54) is 0 Å². The molecule has 3 heteroatoms. The van der Waals surface area contributed by atoms with Gasteiger partial charge in [-0.2, -0.15) is 0 Å². The van der Waals surface area contributed by atoms with Crippen LogP contribution >= 0.6 is 0 Å². The molecule has 1 unspecified atom stereocenters. The molecule has 0 fully saturated rings. The van der Waals surface area contributed by atoms with Crippen molar-refractivity contribution in [2.24, 2.45) is 5.73 Å². The van der Waals surface area contributed by atoms with E-state index in [9.17, 15) is 4.79 Å². The Hall–Kier alpha value is -1.35. The van der Waals surface area contributed by atoms with Crippen LogP contribution in [0.25, 0.3) is 0 Å². The Bertz CT molecular complexity index is 475. The average molecular weight is 233 g/mol. The summed E-state index contributed by atoms with van der Waals surface area (Å²) in [7, 11) is 0. The Morgan fingerprint density at radius 2 is 2.12 bits per heavy atom. The summed E-state index contributed by atoms with van der Waals surface area (Å²) in [6, 6.07) is 3.42. The van der Waals surface area contributed by atoms with Crippen molar-refractivity contribution in [3.63, 3.8) is 0 Å². The molecular weight excluding hydrogens is 214 g/mol. The number of aryl methyl sites for hydroxylation is 1. The molecule has 0 saturated carbocycles. The minimum absolute atomic E-state index is 0.00462. The Kier molecular flexibility index (Phi) is 2.74. The van der Waals surface area contributed by atoms with Crippen molar-refractivity contribution in [1.82, 2.24) is 0 Å². The summed E-state index contributed by atoms with van der Waals surface area (Å²) < 4.78 is 5.83. The van der Waals surface area contributed by atoms with Gasteiger partial charge in [0.25, 0.3) is 0 Å². The molecule has 2 rings (SSSR count). The minimum atomic E-state index is -0.456. The standard InChI is InChI=1S/C14H19NO2/c1-8-5-12-10(7-14(3,4)17-12)6-11(8)13(16)9(2)15/h5-6,9H,7,15H2,1-4H3. The Morgan fingerprint density at radius 3 is 2.71 bits per heavy atom. The number of rotatable bonds is 2. The summed E-state index contributed by atoms with van der Waals surface area (Å²) in [6.45, 7) is 7.74. The van der Waals surface area contributed by atoms with Crippen LogP contribution < -0.4 is 10.5 Å². The molecule has 1 aliphatic rings. The molecule has 1 atom stereocenters.